The van der Waals surface area contributed by atoms with Gasteiger partial charge in [0.05, 0.1) is 25.0 Å². The van der Waals surface area contributed by atoms with E-state index in [1.807, 2.05) is 54.6 Å². The maximum absolute atomic E-state index is 12.2. The number of nitrogens with one attached hydrogen (secondary N) is 2. The zero-order chi connectivity index (χ0) is 22.0. The summed E-state index contributed by atoms with van der Waals surface area (Å²) < 4.78 is 27.8. The number of aliphatic hydroxyl groups is 1. The Balaban J connectivity index is 1.96. The number of carbonyl (C=O) groups excluding carboxylic acids is 1. The summed E-state index contributed by atoms with van der Waals surface area (Å²) in [5.41, 5.74) is 1.98. The number of methoxy groups -OCH3 is 1. The summed E-state index contributed by atoms with van der Waals surface area (Å²) in [5.74, 6) is 0.143. The van der Waals surface area contributed by atoms with E-state index >= 15 is 0 Å². The first-order valence-corrected chi connectivity index (χ1v) is 11.9. The second-order valence-corrected chi connectivity index (χ2v) is 9.55. The molecule has 30 heavy (non-hydrogen) atoms. The zero-order valence-electron chi connectivity index (χ0n) is 17.4. The fourth-order valence-electron chi connectivity index (χ4n) is 3.00. The summed E-state index contributed by atoms with van der Waals surface area (Å²) >= 11 is 0. The molecule has 1 amide bonds. The highest BCUT2D eigenvalue weighted by Crippen LogP contribution is 2.12. The molecule has 2 rings (SSSR count). The number of carbonyl (C=O) groups is 1. The van der Waals surface area contributed by atoms with E-state index in [0.29, 0.717) is 13.0 Å². The van der Waals surface area contributed by atoms with Crippen LogP contribution in [0.5, 0.6) is 5.75 Å². The van der Waals surface area contributed by atoms with Crippen molar-refractivity contribution in [3.8, 4) is 5.75 Å². The van der Waals surface area contributed by atoms with Gasteiger partial charge in [0.15, 0.2) is 0 Å². The summed E-state index contributed by atoms with van der Waals surface area (Å²) in [5, 5.41) is 16.7. The molecule has 0 saturated carbocycles. The number of sulfone groups is 1. The van der Waals surface area contributed by atoms with Crippen LogP contribution in [0.2, 0.25) is 0 Å². The van der Waals surface area contributed by atoms with E-state index in [2.05, 4.69) is 10.6 Å². The molecule has 0 aliphatic heterocycles. The van der Waals surface area contributed by atoms with Gasteiger partial charge in [-0.2, -0.15) is 0 Å². The minimum absolute atomic E-state index is 0.131. The lowest BCUT2D eigenvalue weighted by Crippen LogP contribution is -2.48. The third-order valence-corrected chi connectivity index (χ3v) is 5.57. The first kappa shape index (κ1) is 23.9. The molecule has 0 saturated heterocycles. The van der Waals surface area contributed by atoms with Crippen molar-refractivity contribution in [1.82, 2.24) is 10.6 Å². The molecule has 0 heterocycles. The zero-order valence-corrected chi connectivity index (χ0v) is 18.2. The second kappa shape index (κ2) is 11.7. The number of hydrogen-bond acceptors (Lipinski definition) is 6. The molecule has 0 radical (unpaired) electrons. The van der Waals surface area contributed by atoms with Gasteiger partial charge in [0.25, 0.3) is 0 Å². The third kappa shape index (κ3) is 8.94. The first-order chi connectivity index (χ1) is 14.3. The number of benzene rings is 2. The summed E-state index contributed by atoms with van der Waals surface area (Å²) in [6.07, 6.45) is 0.554. The Labute approximate surface area is 178 Å². The lowest BCUT2D eigenvalue weighted by molar-refractivity contribution is -0.122. The Morgan fingerprint density at radius 1 is 1.10 bits per heavy atom. The quantitative estimate of drug-likeness (QED) is 0.465. The third-order valence-electron chi connectivity index (χ3n) is 4.63. The highest BCUT2D eigenvalue weighted by Gasteiger charge is 2.22. The van der Waals surface area contributed by atoms with Gasteiger partial charge in [0, 0.05) is 25.8 Å². The van der Waals surface area contributed by atoms with E-state index in [0.717, 1.165) is 23.1 Å². The topological polar surface area (TPSA) is 105 Å². The SMILES string of the molecule is COc1cccc(CNCC(O)C(Cc2ccccc2)NC(=O)CCS(C)(=O)=O)c1. The lowest BCUT2D eigenvalue weighted by atomic mass is 10.0. The van der Waals surface area contributed by atoms with Crippen LogP contribution < -0.4 is 15.4 Å². The van der Waals surface area contributed by atoms with Gasteiger partial charge < -0.3 is 20.5 Å². The number of hydrogen-bond donors (Lipinski definition) is 3. The molecule has 0 aliphatic carbocycles. The summed E-state index contributed by atoms with van der Waals surface area (Å²) in [7, 11) is -1.62. The van der Waals surface area contributed by atoms with Crippen molar-refractivity contribution < 1.29 is 23.1 Å². The fourth-order valence-corrected chi connectivity index (χ4v) is 3.55. The molecule has 2 aromatic carbocycles. The summed E-state index contributed by atoms with van der Waals surface area (Å²) in [6, 6.07) is 16.6. The first-order valence-electron chi connectivity index (χ1n) is 9.79. The van der Waals surface area contributed by atoms with Gasteiger partial charge >= 0.3 is 0 Å². The Morgan fingerprint density at radius 3 is 2.47 bits per heavy atom. The molecule has 7 nitrogen and oxygen atoms in total. The van der Waals surface area contributed by atoms with Gasteiger partial charge in [-0.15, -0.1) is 0 Å². The average Bonchev–Trinajstić information content (AvgIpc) is 2.72. The van der Waals surface area contributed by atoms with E-state index in [4.69, 9.17) is 4.74 Å². The number of amides is 1. The molecule has 2 atom stereocenters. The standard InChI is InChI=1S/C22H30N2O5S/c1-29-19-10-6-9-18(13-19)15-23-16-21(25)20(14-17-7-4-3-5-8-17)24-22(26)11-12-30(2,27)28/h3-10,13,20-21,23,25H,11-12,14-16H2,1-2H3,(H,24,26). The van der Waals surface area contributed by atoms with Crippen LogP contribution in [0, 0.1) is 0 Å². The summed E-state index contributed by atoms with van der Waals surface area (Å²) in [6.45, 7) is 0.801. The Bertz CT molecular complexity index is 903. The predicted octanol–water partition coefficient (Wildman–Crippen LogP) is 1.31. The molecule has 0 aromatic heterocycles. The molecular weight excluding hydrogens is 404 g/mol. The van der Waals surface area contributed by atoms with Gasteiger partial charge in [-0.1, -0.05) is 42.5 Å². The summed E-state index contributed by atoms with van der Waals surface area (Å²) in [4.78, 5) is 12.2. The van der Waals surface area contributed by atoms with E-state index in [-0.39, 0.29) is 18.7 Å². The van der Waals surface area contributed by atoms with Crippen LogP contribution in [0.4, 0.5) is 0 Å². The molecule has 2 unspecified atom stereocenters. The Kier molecular flexibility index (Phi) is 9.29. The van der Waals surface area contributed by atoms with E-state index in [1.165, 1.54) is 0 Å². The van der Waals surface area contributed by atoms with Crippen LogP contribution >= 0.6 is 0 Å². The van der Waals surface area contributed by atoms with Crippen molar-refractivity contribution in [3.63, 3.8) is 0 Å². The largest absolute Gasteiger partial charge is 0.497 e. The monoisotopic (exact) mass is 434 g/mol. The smallest absolute Gasteiger partial charge is 0.221 e. The Hall–Kier alpha value is -2.42. The van der Waals surface area contributed by atoms with Crippen molar-refractivity contribution in [1.29, 1.82) is 0 Å². The van der Waals surface area contributed by atoms with Gasteiger partial charge in [0.2, 0.25) is 5.91 Å². The van der Waals surface area contributed by atoms with Crippen molar-refractivity contribution in [2.45, 2.75) is 31.5 Å². The highest BCUT2D eigenvalue weighted by atomic mass is 32.2. The molecule has 0 fully saturated rings. The number of ether oxygens (including phenoxy) is 1. The molecular formula is C22H30N2O5S. The fraction of sp³-hybridized carbons (Fsp3) is 0.409. The van der Waals surface area contributed by atoms with Gasteiger partial charge in [0.1, 0.15) is 15.6 Å². The van der Waals surface area contributed by atoms with E-state index in [1.54, 1.807) is 7.11 Å². The molecule has 0 spiro atoms. The number of rotatable bonds is 12. The Morgan fingerprint density at radius 2 is 1.80 bits per heavy atom. The molecule has 0 aliphatic rings. The molecule has 3 N–H and O–H groups in total. The van der Waals surface area contributed by atoms with Crippen molar-refractivity contribution in [2.24, 2.45) is 0 Å². The van der Waals surface area contributed by atoms with Crippen LogP contribution in [0.25, 0.3) is 0 Å². The molecule has 8 heteroatoms. The van der Waals surface area contributed by atoms with E-state index in [9.17, 15) is 18.3 Å². The van der Waals surface area contributed by atoms with E-state index < -0.39 is 27.9 Å². The number of aliphatic hydroxyl groups excluding tert-OH is 1. The normalized spacial score (nSPS) is 13.4. The van der Waals surface area contributed by atoms with Crippen LogP contribution in [-0.2, 0) is 27.6 Å². The maximum atomic E-state index is 12.2. The average molecular weight is 435 g/mol. The van der Waals surface area contributed by atoms with Crippen molar-refractivity contribution >= 4 is 15.7 Å². The van der Waals surface area contributed by atoms with Crippen molar-refractivity contribution in [3.05, 3.63) is 65.7 Å². The van der Waals surface area contributed by atoms with Crippen molar-refractivity contribution in [2.75, 3.05) is 25.7 Å². The second-order valence-electron chi connectivity index (χ2n) is 7.29. The van der Waals surface area contributed by atoms with Crippen LogP contribution in [0.15, 0.2) is 54.6 Å². The predicted molar refractivity (Wildman–Crippen MR) is 117 cm³/mol. The lowest BCUT2D eigenvalue weighted by Gasteiger charge is -2.25. The van der Waals surface area contributed by atoms with Crippen LogP contribution in [0.1, 0.15) is 17.5 Å². The van der Waals surface area contributed by atoms with Crippen LogP contribution in [-0.4, -0.2) is 57.2 Å². The molecule has 0 bridgehead atoms. The maximum Gasteiger partial charge on any atom is 0.221 e. The molecule has 2 aromatic rings. The highest BCUT2D eigenvalue weighted by molar-refractivity contribution is 7.90. The van der Waals surface area contributed by atoms with Gasteiger partial charge in [-0.25, -0.2) is 8.42 Å². The minimum Gasteiger partial charge on any atom is -0.497 e. The van der Waals surface area contributed by atoms with Gasteiger partial charge in [-0.05, 0) is 29.7 Å². The minimum atomic E-state index is -3.23. The molecule has 164 valence electrons. The van der Waals surface area contributed by atoms with Gasteiger partial charge in [-0.3, -0.25) is 4.79 Å². The van der Waals surface area contributed by atoms with Crippen LogP contribution in [0.3, 0.4) is 0 Å².